The molecule has 6 rings (SSSR count). The van der Waals surface area contributed by atoms with E-state index in [2.05, 4.69) is 9.97 Å². The van der Waals surface area contributed by atoms with Gasteiger partial charge in [0.05, 0.1) is 46.1 Å². The average Bonchev–Trinajstić information content (AvgIpc) is 3.66. The Kier molecular flexibility index (Phi) is 8.84. The SMILES string of the molecule is CO[C@@H]1CN(C(C)=O)C[C@H]1n1c(Cc2cc(F)c(-c3cccc(OCc4ccc(C#N)cc4F)n3)cc2F)nc2ccc(C(=O)O)cc21. The van der Waals surface area contributed by atoms with Crippen molar-refractivity contribution in [2.75, 3.05) is 20.2 Å². The predicted octanol–water partition coefficient (Wildman–Crippen LogP) is 5.67. The minimum absolute atomic E-state index is 0.00894. The number of hydrogen-bond acceptors (Lipinski definition) is 7. The molecule has 13 heteroatoms. The van der Waals surface area contributed by atoms with Crippen LogP contribution in [0.1, 0.15) is 45.8 Å². The van der Waals surface area contributed by atoms with E-state index in [4.69, 9.17) is 14.7 Å². The number of rotatable bonds is 9. The summed E-state index contributed by atoms with van der Waals surface area (Å²) >= 11 is 0. The number of aromatic nitrogens is 3. The Morgan fingerprint density at radius 1 is 0.979 bits per heavy atom. The zero-order valence-corrected chi connectivity index (χ0v) is 25.8. The zero-order chi connectivity index (χ0) is 34.1. The van der Waals surface area contributed by atoms with Crippen molar-refractivity contribution >= 4 is 22.9 Å². The summed E-state index contributed by atoms with van der Waals surface area (Å²) in [6, 6.07) is 16.4. The first kappa shape index (κ1) is 32.2. The van der Waals surface area contributed by atoms with Gasteiger partial charge in [0.2, 0.25) is 11.8 Å². The number of nitrogens with zero attached hydrogens (tertiary/aromatic N) is 5. The van der Waals surface area contributed by atoms with Crippen LogP contribution in [0.4, 0.5) is 13.2 Å². The lowest BCUT2D eigenvalue weighted by Gasteiger charge is -2.22. The highest BCUT2D eigenvalue weighted by atomic mass is 19.1. The second-order valence-electron chi connectivity index (χ2n) is 11.3. The molecule has 3 aromatic carbocycles. The Morgan fingerprint density at radius 2 is 1.77 bits per heavy atom. The van der Waals surface area contributed by atoms with Crippen LogP contribution in [0.5, 0.6) is 5.88 Å². The Balaban J connectivity index is 1.31. The fourth-order valence-corrected chi connectivity index (χ4v) is 5.89. The van der Waals surface area contributed by atoms with Gasteiger partial charge in [0.15, 0.2) is 0 Å². The number of amides is 1. The Labute approximate surface area is 272 Å². The number of methoxy groups -OCH3 is 1. The van der Waals surface area contributed by atoms with Crippen molar-refractivity contribution in [3.63, 3.8) is 0 Å². The summed E-state index contributed by atoms with van der Waals surface area (Å²) in [5.41, 5.74) is 1.24. The number of carbonyl (C=O) groups excluding carboxylic acids is 1. The number of ether oxygens (including phenoxy) is 2. The van der Waals surface area contributed by atoms with Crippen molar-refractivity contribution in [1.29, 1.82) is 5.26 Å². The van der Waals surface area contributed by atoms with E-state index in [0.29, 0.717) is 23.4 Å². The Morgan fingerprint density at radius 3 is 2.48 bits per heavy atom. The molecule has 0 aliphatic carbocycles. The van der Waals surface area contributed by atoms with Crippen LogP contribution < -0.4 is 4.74 Å². The summed E-state index contributed by atoms with van der Waals surface area (Å²) in [5.74, 6) is -3.03. The van der Waals surface area contributed by atoms with Crippen molar-refractivity contribution < 1.29 is 37.3 Å². The number of likely N-dealkylation sites (tertiary alicyclic amines) is 1. The topological polar surface area (TPSA) is 131 Å². The first-order chi connectivity index (χ1) is 23.1. The highest BCUT2D eigenvalue weighted by Crippen LogP contribution is 2.33. The summed E-state index contributed by atoms with van der Waals surface area (Å²) in [4.78, 5) is 34.6. The largest absolute Gasteiger partial charge is 0.478 e. The van der Waals surface area contributed by atoms with Gasteiger partial charge >= 0.3 is 5.97 Å². The van der Waals surface area contributed by atoms with E-state index in [0.717, 1.165) is 18.2 Å². The minimum Gasteiger partial charge on any atom is -0.478 e. The van der Waals surface area contributed by atoms with Crippen LogP contribution in [0.2, 0.25) is 0 Å². The van der Waals surface area contributed by atoms with Gasteiger partial charge in [-0.1, -0.05) is 12.1 Å². The predicted molar refractivity (Wildman–Crippen MR) is 167 cm³/mol. The average molecular weight is 656 g/mol. The molecule has 2 aromatic heterocycles. The number of aromatic carboxylic acids is 1. The number of nitriles is 1. The second-order valence-corrected chi connectivity index (χ2v) is 11.3. The quantitative estimate of drug-likeness (QED) is 0.215. The van der Waals surface area contributed by atoms with E-state index in [-0.39, 0.29) is 64.9 Å². The van der Waals surface area contributed by atoms with Crippen LogP contribution >= 0.6 is 0 Å². The van der Waals surface area contributed by atoms with E-state index in [1.807, 2.05) is 6.07 Å². The molecule has 1 aliphatic heterocycles. The minimum atomic E-state index is -1.14. The third-order valence-electron chi connectivity index (χ3n) is 8.37. The number of carboxylic acid groups (broad SMARTS) is 1. The normalized spacial score (nSPS) is 15.9. The number of hydrogen-bond donors (Lipinski definition) is 1. The molecule has 0 spiro atoms. The first-order valence-corrected chi connectivity index (χ1v) is 14.9. The van der Waals surface area contributed by atoms with Gasteiger partial charge in [-0.2, -0.15) is 5.26 Å². The maximum absolute atomic E-state index is 15.7. The second kappa shape index (κ2) is 13.2. The van der Waals surface area contributed by atoms with Gasteiger partial charge in [-0.05, 0) is 54.1 Å². The zero-order valence-electron chi connectivity index (χ0n) is 25.8. The van der Waals surface area contributed by atoms with Gasteiger partial charge in [-0.15, -0.1) is 0 Å². The highest BCUT2D eigenvalue weighted by molar-refractivity contribution is 5.92. The molecular weight excluding hydrogens is 627 g/mol. The number of imidazole rings is 1. The van der Waals surface area contributed by atoms with E-state index in [1.54, 1.807) is 21.6 Å². The molecule has 1 fully saturated rings. The summed E-state index contributed by atoms with van der Waals surface area (Å²) in [5, 5.41) is 18.6. The van der Waals surface area contributed by atoms with Gasteiger partial charge in [-0.3, -0.25) is 4.79 Å². The maximum Gasteiger partial charge on any atom is 0.335 e. The van der Waals surface area contributed by atoms with Crippen LogP contribution in [-0.4, -0.2) is 62.7 Å². The number of pyridine rings is 1. The summed E-state index contributed by atoms with van der Waals surface area (Å²) in [7, 11) is 1.51. The van der Waals surface area contributed by atoms with Gasteiger partial charge in [0.1, 0.15) is 29.9 Å². The monoisotopic (exact) mass is 655 g/mol. The molecule has 1 aliphatic rings. The molecule has 244 valence electrons. The molecule has 0 saturated carbocycles. The van der Waals surface area contributed by atoms with E-state index >= 15 is 8.78 Å². The number of halogens is 3. The molecule has 0 bridgehead atoms. The van der Waals surface area contributed by atoms with Crippen LogP contribution in [-0.2, 0) is 22.6 Å². The Bertz CT molecular complexity index is 2110. The van der Waals surface area contributed by atoms with E-state index < -0.39 is 35.6 Å². The first-order valence-electron chi connectivity index (χ1n) is 14.9. The molecule has 1 amide bonds. The summed E-state index contributed by atoms with van der Waals surface area (Å²) in [6.45, 7) is 1.79. The van der Waals surface area contributed by atoms with Crippen LogP contribution in [0, 0.1) is 28.8 Å². The number of carboxylic acids is 1. The molecule has 3 heterocycles. The van der Waals surface area contributed by atoms with Gasteiger partial charge < -0.3 is 24.0 Å². The summed E-state index contributed by atoms with van der Waals surface area (Å²) < 4.78 is 58.7. The van der Waals surface area contributed by atoms with Crippen LogP contribution in [0.3, 0.4) is 0 Å². The van der Waals surface area contributed by atoms with Crippen molar-refractivity contribution in [3.8, 4) is 23.2 Å². The third-order valence-corrected chi connectivity index (χ3v) is 8.37. The van der Waals surface area contributed by atoms with Crippen LogP contribution in [0.25, 0.3) is 22.3 Å². The highest BCUT2D eigenvalue weighted by Gasteiger charge is 2.37. The van der Waals surface area contributed by atoms with Crippen molar-refractivity contribution in [2.45, 2.75) is 32.1 Å². The molecular formula is C35H28F3N5O5. The smallest absolute Gasteiger partial charge is 0.335 e. The summed E-state index contributed by atoms with van der Waals surface area (Å²) in [6.07, 6.45) is -0.615. The fourth-order valence-electron chi connectivity index (χ4n) is 5.89. The van der Waals surface area contributed by atoms with Crippen molar-refractivity contribution in [1.82, 2.24) is 19.4 Å². The van der Waals surface area contributed by atoms with E-state index in [9.17, 15) is 19.1 Å². The fraction of sp³-hybridized carbons (Fsp3) is 0.229. The third kappa shape index (κ3) is 6.30. The molecule has 5 aromatic rings. The van der Waals surface area contributed by atoms with E-state index in [1.165, 1.54) is 50.4 Å². The van der Waals surface area contributed by atoms with Crippen molar-refractivity contribution in [2.24, 2.45) is 0 Å². The molecule has 48 heavy (non-hydrogen) atoms. The van der Waals surface area contributed by atoms with Crippen LogP contribution in [0.15, 0.2) is 66.7 Å². The number of fused-ring (bicyclic) bond motifs is 1. The van der Waals surface area contributed by atoms with Gasteiger partial charge in [-0.25, -0.2) is 27.9 Å². The molecule has 1 N–H and O–H groups in total. The van der Waals surface area contributed by atoms with Gasteiger partial charge in [0, 0.05) is 50.7 Å². The number of carbonyl (C=O) groups is 2. The lowest BCUT2D eigenvalue weighted by Crippen LogP contribution is -2.27. The van der Waals surface area contributed by atoms with Gasteiger partial charge in [0.25, 0.3) is 0 Å². The number of benzene rings is 3. The Hall–Kier alpha value is -5.74. The molecule has 10 nitrogen and oxygen atoms in total. The molecule has 0 radical (unpaired) electrons. The molecule has 2 atom stereocenters. The lowest BCUT2D eigenvalue weighted by molar-refractivity contribution is -0.128. The molecule has 0 unspecified atom stereocenters. The standard InChI is InChI=1S/C35H28F3N5O5/c1-19(44)42-16-31(32(17-42)47-2)43-30-12-21(35(45)46)8-9-29(30)40-33(43)13-23-11-27(38)24(14-26(23)37)28-4-3-5-34(41-28)48-18-22-7-6-20(15-39)10-25(22)36/h3-12,14,31-32H,13,16-18H2,1-2H3,(H,45,46)/t31-,32-/m1/s1. The van der Waals surface area contributed by atoms with Crippen molar-refractivity contribution in [3.05, 3.63) is 112 Å². The lowest BCUT2D eigenvalue weighted by atomic mass is 10.0. The molecule has 1 saturated heterocycles. The maximum atomic E-state index is 15.7.